The molecule has 0 aliphatic heterocycles. The summed E-state index contributed by atoms with van der Waals surface area (Å²) in [6.07, 6.45) is -4.46. The number of amides is 1. The summed E-state index contributed by atoms with van der Waals surface area (Å²) < 4.78 is 38.5. The Bertz CT molecular complexity index is 966. The molecule has 0 saturated heterocycles. The molecular formula is C19H18F3N5O. The van der Waals surface area contributed by atoms with Crippen molar-refractivity contribution in [3.8, 4) is 11.4 Å². The first-order chi connectivity index (χ1) is 13.2. The Hall–Kier alpha value is -3.23. The third kappa shape index (κ3) is 4.73. The van der Waals surface area contributed by atoms with E-state index in [0.29, 0.717) is 6.54 Å². The molecule has 2 aromatic carbocycles. The predicted molar refractivity (Wildman–Crippen MR) is 95.9 cm³/mol. The Balaban J connectivity index is 1.67. The molecule has 3 rings (SSSR count). The Morgan fingerprint density at radius 3 is 2.54 bits per heavy atom. The average Bonchev–Trinajstić information content (AvgIpc) is 3.11. The van der Waals surface area contributed by atoms with Crippen LogP contribution < -0.4 is 0 Å². The molecule has 28 heavy (non-hydrogen) atoms. The van der Waals surface area contributed by atoms with Gasteiger partial charge in [0.15, 0.2) is 0 Å². The molecule has 0 unspecified atom stereocenters. The Kier molecular flexibility index (Phi) is 5.43. The third-order valence-electron chi connectivity index (χ3n) is 4.14. The van der Waals surface area contributed by atoms with Crippen LogP contribution >= 0.6 is 0 Å². The lowest BCUT2D eigenvalue weighted by Crippen LogP contribution is -2.30. The predicted octanol–water partition coefficient (Wildman–Crippen LogP) is 3.33. The average molecular weight is 389 g/mol. The van der Waals surface area contributed by atoms with Crippen LogP contribution in [-0.2, 0) is 24.1 Å². The first-order valence-electron chi connectivity index (χ1n) is 8.47. The standard InChI is InChI=1S/C19H18F3N5O/c1-13-6-8-14(9-7-13)11-26(2)17(28)12-27-24-18(23-25-27)15-4-3-5-16(10-15)19(20,21)22/h3-10H,11-12H2,1-2H3. The van der Waals surface area contributed by atoms with E-state index >= 15 is 0 Å². The highest BCUT2D eigenvalue weighted by Gasteiger charge is 2.30. The monoisotopic (exact) mass is 389 g/mol. The molecule has 3 aromatic rings. The van der Waals surface area contributed by atoms with E-state index in [1.54, 1.807) is 7.05 Å². The largest absolute Gasteiger partial charge is 0.416 e. The van der Waals surface area contributed by atoms with Gasteiger partial charge in [-0.25, -0.2) is 0 Å². The summed E-state index contributed by atoms with van der Waals surface area (Å²) in [6, 6.07) is 12.5. The molecule has 0 radical (unpaired) electrons. The minimum atomic E-state index is -4.46. The summed E-state index contributed by atoms with van der Waals surface area (Å²) in [6.45, 7) is 2.25. The van der Waals surface area contributed by atoms with Gasteiger partial charge in [-0.05, 0) is 29.8 Å². The summed E-state index contributed by atoms with van der Waals surface area (Å²) in [5, 5.41) is 11.6. The summed E-state index contributed by atoms with van der Waals surface area (Å²) in [4.78, 5) is 15.0. The van der Waals surface area contributed by atoms with Gasteiger partial charge in [-0.1, -0.05) is 42.0 Å². The molecule has 1 heterocycles. The minimum absolute atomic E-state index is 0.0279. The van der Waals surface area contributed by atoms with Crippen LogP contribution in [0.15, 0.2) is 48.5 Å². The highest BCUT2D eigenvalue weighted by Crippen LogP contribution is 2.31. The van der Waals surface area contributed by atoms with Crippen LogP contribution in [0.1, 0.15) is 16.7 Å². The molecular weight excluding hydrogens is 371 g/mol. The molecule has 0 atom stereocenters. The molecule has 6 nitrogen and oxygen atoms in total. The number of alkyl halides is 3. The van der Waals surface area contributed by atoms with Gasteiger partial charge in [-0.2, -0.15) is 18.0 Å². The Morgan fingerprint density at radius 1 is 1.14 bits per heavy atom. The second-order valence-corrected chi connectivity index (χ2v) is 6.46. The van der Waals surface area contributed by atoms with Gasteiger partial charge in [0.2, 0.25) is 11.7 Å². The van der Waals surface area contributed by atoms with Gasteiger partial charge in [-0.3, -0.25) is 4.79 Å². The number of likely N-dealkylation sites (N-methyl/N-ethyl adjacent to an activating group) is 1. The maximum Gasteiger partial charge on any atom is 0.416 e. The second-order valence-electron chi connectivity index (χ2n) is 6.46. The van der Waals surface area contributed by atoms with Gasteiger partial charge in [0, 0.05) is 19.2 Å². The van der Waals surface area contributed by atoms with Gasteiger partial charge < -0.3 is 4.90 Å². The summed E-state index contributed by atoms with van der Waals surface area (Å²) in [7, 11) is 1.66. The van der Waals surface area contributed by atoms with Crippen molar-refractivity contribution in [3.05, 3.63) is 65.2 Å². The van der Waals surface area contributed by atoms with Gasteiger partial charge in [0.05, 0.1) is 5.56 Å². The summed E-state index contributed by atoms with van der Waals surface area (Å²) in [5.41, 5.74) is 1.50. The number of rotatable bonds is 5. The first-order valence-corrected chi connectivity index (χ1v) is 8.47. The van der Waals surface area contributed by atoms with E-state index in [9.17, 15) is 18.0 Å². The highest BCUT2D eigenvalue weighted by atomic mass is 19.4. The maximum absolute atomic E-state index is 12.8. The lowest BCUT2D eigenvalue weighted by molar-refractivity contribution is -0.137. The number of benzene rings is 2. The number of carbonyl (C=O) groups excluding carboxylic acids is 1. The molecule has 0 fully saturated rings. The van der Waals surface area contributed by atoms with Crippen LogP contribution in [0.5, 0.6) is 0 Å². The number of nitrogens with zero attached hydrogens (tertiary/aromatic N) is 5. The number of hydrogen-bond acceptors (Lipinski definition) is 4. The molecule has 0 saturated carbocycles. The molecule has 0 N–H and O–H groups in total. The topological polar surface area (TPSA) is 63.9 Å². The smallest absolute Gasteiger partial charge is 0.340 e. The second kappa shape index (κ2) is 7.79. The van der Waals surface area contributed by atoms with E-state index in [2.05, 4.69) is 15.4 Å². The van der Waals surface area contributed by atoms with Crippen molar-refractivity contribution >= 4 is 5.91 Å². The van der Waals surface area contributed by atoms with Crippen molar-refractivity contribution in [2.24, 2.45) is 0 Å². The van der Waals surface area contributed by atoms with E-state index in [1.807, 2.05) is 31.2 Å². The van der Waals surface area contributed by atoms with Crippen molar-refractivity contribution < 1.29 is 18.0 Å². The number of aryl methyl sites for hydroxylation is 1. The first kappa shape index (κ1) is 19.5. The van der Waals surface area contributed by atoms with Crippen molar-refractivity contribution in [1.82, 2.24) is 25.1 Å². The molecule has 0 aliphatic rings. The molecule has 1 amide bonds. The number of aromatic nitrogens is 4. The van der Waals surface area contributed by atoms with Crippen LogP contribution in [0.25, 0.3) is 11.4 Å². The van der Waals surface area contributed by atoms with Crippen LogP contribution in [0.3, 0.4) is 0 Å². The minimum Gasteiger partial charge on any atom is -0.340 e. The van der Waals surface area contributed by atoms with Gasteiger partial charge in [-0.15, -0.1) is 10.2 Å². The molecule has 9 heteroatoms. The fraction of sp³-hybridized carbons (Fsp3) is 0.263. The lowest BCUT2D eigenvalue weighted by atomic mass is 10.1. The van der Waals surface area contributed by atoms with Crippen LogP contribution in [-0.4, -0.2) is 38.1 Å². The zero-order valence-electron chi connectivity index (χ0n) is 15.3. The molecule has 1 aromatic heterocycles. The zero-order valence-corrected chi connectivity index (χ0v) is 15.3. The zero-order chi connectivity index (χ0) is 20.3. The Labute approximate surface area is 159 Å². The van der Waals surface area contributed by atoms with E-state index in [1.165, 1.54) is 17.0 Å². The van der Waals surface area contributed by atoms with E-state index in [4.69, 9.17) is 0 Å². The number of halogens is 3. The quantitative estimate of drug-likeness (QED) is 0.672. The number of hydrogen-bond donors (Lipinski definition) is 0. The van der Waals surface area contributed by atoms with Crippen molar-refractivity contribution in [2.45, 2.75) is 26.2 Å². The summed E-state index contributed by atoms with van der Waals surface area (Å²) >= 11 is 0. The SMILES string of the molecule is Cc1ccc(CN(C)C(=O)Cn2nnc(-c3cccc(C(F)(F)F)c3)n2)cc1. The third-order valence-corrected chi connectivity index (χ3v) is 4.14. The number of tetrazole rings is 1. The fourth-order valence-electron chi connectivity index (χ4n) is 2.56. The van der Waals surface area contributed by atoms with Crippen molar-refractivity contribution in [1.29, 1.82) is 0 Å². The molecule has 146 valence electrons. The maximum atomic E-state index is 12.8. The van der Waals surface area contributed by atoms with E-state index in [-0.39, 0.29) is 23.8 Å². The van der Waals surface area contributed by atoms with Gasteiger partial charge in [0.25, 0.3) is 0 Å². The van der Waals surface area contributed by atoms with Crippen LogP contribution in [0.2, 0.25) is 0 Å². The highest BCUT2D eigenvalue weighted by molar-refractivity contribution is 5.75. The molecule has 0 aliphatic carbocycles. The number of carbonyl (C=O) groups is 1. The van der Waals surface area contributed by atoms with Gasteiger partial charge >= 0.3 is 6.18 Å². The van der Waals surface area contributed by atoms with Crippen LogP contribution in [0.4, 0.5) is 13.2 Å². The normalized spacial score (nSPS) is 11.5. The van der Waals surface area contributed by atoms with Crippen LogP contribution in [0, 0.1) is 6.92 Å². The molecule has 0 bridgehead atoms. The fourth-order valence-corrected chi connectivity index (χ4v) is 2.56. The summed E-state index contributed by atoms with van der Waals surface area (Å²) in [5.74, 6) is -0.214. The van der Waals surface area contributed by atoms with Crippen molar-refractivity contribution in [3.63, 3.8) is 0 Å². The Morgan fingerprint density at radius 2 is 1.86 bits per heavy atom. The van der Waals surface area contributed by atoms with E-state index in [0.717, 1.165) is 28.1 Å². The van der Waals surface area contributed by atoms with E-state index < -0.39 is 11.7 Å². The molecule has 0 spiro atoms. The van der Waals surface area contributed by atoms with Crippen molar-refractivity contribution in [2.75, 3.05) is 7.05 Å². The van der Waals surface area contributed by atoms with Gasteiger partial charge in [0.1, 0.15) is 6.54 Å². The lowest BCUT2D eigenvalue weighted by Gasteiger charge is -2.16.